The Morgan fingerprint density at radius 1 is 1.23 bits per heavy atom. The lowest BCUT2D eigenvalue weighted by molar-refractivity contribution is 0.0659. The van der Waals surface area contributed by atoms with Gasteiger partial charge in [0, 0.05) is 6.42 Å². The molecule has 0 spiro atoms. The van der Waals surface area contributed by atoms with E-state index in [1.165, 1.54) is 38.5 Å². The van der Waals surface area contributed by atoms with E-state index in [1.807, 2.05) is 13.8 Å². The molecule has 6 atom stereocenters. The van der Waals surface area contributed by atoms with Gasteiger partial charge in [0.15, 0.2) is 0 Å². The molecule has 0 bridgehead atoms. The molecule has 0 aliphatic heterocycles. The van der Waals surface area contributed by atoms with Crippen molar-refractivity contribution in [3.05, 3.63) is 35.5 Å². The van der Waals surface area contributed by atoms with Crippen molar-refractivity contribution in [1.29, 1.82) is 0 Å². The van der Waals surface area contributed by atoms with Crippen LogP contribution in [0.3, 0.4) is 0 Å². The molecule has 3 nitrogen and oxygen atoms in total. The van der Waals surface area contributed by atoms with Crippen LogP contribution in [0.2, 0.25) is 0 Å². The average molecular weight is 417 g/mol. The molecule has 3 N–H and O–H groups in total. The summed E-state index contributed by atoms with van der Waals surface area (Å²) in [7, 11) is 0. The molecule has 3 aliphatic rings. The van der Waals surface area contributed by atoms with Gasteiger partial charge in [0.05, 0.1) is 17.8 Å². The molecule has 0 saturated heterocycles. The summed E-state index contributed by atoms with van der Waals surface area (Å²) < 4.78 is 0. The Labute approximate surface area is 184 Å². The summed E-state index contributed by atoms with van der Waals surface area (Å²) in [6, 6.07) is 0. The van der Waals surface area contributed by atoms with Gasteiger partial charge in [0.1, 0.15) is 0 Å². The molecule has 0 aromatic rings. The number of hydrogen-bond acceptors (Lipinski definition) is 3. The van der Waals surface area contributed by atoms with Crippen LogP contribution in [-0.4, -0.2) is 33.1 Å². The Kier molecular flexibility index (Phi) is 7.37. The SMILES string of the molecule is C=C1/C(=C\C=C2/CCC[C@]3(C)C[C@@H](C(C)CCCC(C)(C)O)C[C@@H]23)C[C@@H](O)C[C@@H]1O. The van der Waals surface area contributed by atoms with Crippen LogP contribution < -0.4 is 0 Å². The lowest BCUT2D eigenvalue weighted by Crippen LogP contribution is -2.28. The summed E-state index contributed by atoms with van der Waals surface area (Å²) in [5.41, 5.74) is 3.20. The molecule has 3 fully saturated rings. The summed E-state index contributed by atoms with van der Waals surface area (Å²) in [5, 5.41) is 30.2. The van der Waals surface area contributed by atoms with Crippen LogP contribution >= 0.6 is 0 Å². The third-order valence-electron chi connectivity index (χ3n) is 8.29. The van der Waals surface area contributed by atoms with E-state index in [0.29, 0.717) is 30.1 Å². The fourth-order valence-electron chi connectivity index (χ4n) is 6.35. The molecule has 0 aromatic heterocycles. The van der Waals surface area contributed by atoms with Crippen LogP contribution in [0.5, 0.6) is 0 Å². The first-order valence-corrected chi connectivity index (χ1v) is 12.2. The van der Waals surface area contributed by atoms with E-state index in [1.54, 1.807) is 5.57 Å². The van der Waals surface area contributed by atoms with Crippen LogP contribution in [0.25, 0.3) is 0 Å². The molecule has 0 heterocycles. The van der Waals surface area contributed by atoms with Gasteiger partial charge in [-0.1, -0.05) is 51.0 Å². The van der Waals surface area contributed by atoms with Crippen molar-refractivity contribution >= 4 is 0 Å². The van der Waals surface area contributed by atoms with Gasteiger partial charge in [-0.05, 0) is 93.1 Å². The molecule has 170 valence electrons. The third-order valence-corrected chi connectivity index (χ3v) is 8.29. The lowest BCUT2D eigenvalue weighted by atomic mass is 9.67. The van der Waals surface area contributed by atoms with Gasteiger partial charge in [-0.2, -0.15) is 0 Å². The third kappa shape index (κ3) is 5.66. The van der Waals surface area contributed by atoms with E-state index in [-0.39, 0.29) is 0 Å². The van der Waals surface area contributed by atoms with Crippen LogP contribution in [0.15, 0.2) is 35.5 Å². The van der Waals surface area contributed by atoms with Crippen LogP contribution in [0.1, 0.15) is 91.9 Å². The molecule has 0 aromatic carbocycles. The smallest absolute Gasteiger partial charge is 0.0811 e. The highest BCUT2D eigenvalue weighted by Crippen LogP contribution is 2.58. The maximum Gasteiger partial charge on any atom is 0.0811 e. The van der Waals surface area contributed by atoms with Gasteiger partial charge < -0.3 is 15.3 Å². The van der Waals surface area contributed by atoms with Crippen molar-refractivity contribution in [1.82, 2.24) is 0 Å². The van der Waals surface area contributed by atoms with Crippen molar-refractivity contribution in [3.8, 4) is 0 Å². The topological polar surface area (TPSA) is 60.7 Å². The predicted octanol–water partition coefficient (Wildman–Crippen LogP) is 5.70. The Morgan fingerprint density at radius 2 is 1.97 bits per heavy atom. The molecule has 1 unspecified atom stereocenters. The highest BCUT2D eigenvalue weighted by atomic mass is 16.3. The number of aliphatic hydroxyl groups is 3. The summed E-state index contributed by atoms with van der Waals surface area (Å²) in [5.74, 6) is 2.12. The fraction of sp³-hybridized carbons (Fsp3) is 0.778. The quantitative estimate of drug-likeness (QED) is 0.520. The lowest BCUT2D eigenvalue weighted by Gasteiger charge is -2.38. The van der Waals surface area contributed by atoms with Crippen molar-refractivity contribution < 1.29 is 15.3 Å². The number of allylic oxidation sites excluding steroid dienone is 3. The Balaban J connectivity index is 1.68. The van der Waals surface area contributed by atoms with Gasteiger partial charge >= 0.3 is 0 Å². The Hall–Kier alpha value is -0.900. The second kappa shape index (κ2) is 9.30. The van der Waals surface area contributed by atoms with Gasteiger partial charge in [-0.3, -0.25) is 0 Å². The fourth-order valence-corrected chi connectivity index (χ4v) is 6.35. The molecule has 30 heavy (non-hydrogen) atoms. The predicted molar refractivity (Wildman–Crippen MR) is 124 cm³/mol. The largest absolute Gasteiger partial charge is 0.393 e. The molecule has 3 rings (SSSR count). The van der Waals surface area contributed by atoms with Gasteiger partial charge in [-0.25, -0.2) is 0 Å². The van der Waals surface area contributed by atoms with E-state index in [0.717, 1.165) is 29.9 Å². The standard InChI is InChI=1S/C27H44O3/c1-18(8-6-12-26(3,4)30)22-15-24-20(9-7-13-27(24,5)17-22)10-11-21-14-23(28)16-25(29)19(21)2/h10-11,18,22-25,28-30H,2,6-9,12-17H2,1,3-5H3/b20-10+,21-11-/t18?,22-,23+,24-,25-,27+/m0/s1. The average Bonchev–Trinajstić information content (AvgIpc) is 3.00. The number of fused-ring (bicyclic) bond motifs is 1. The molecular formula is C27H44O3. The highest BCUT2D eigenvalue weighted by Gasteiger charge is 2.47. The van der Waals surface area contributed by atoms with Crippen molar-refractivity contribution in [2.75, 3.05) is 0 Å². The van der Waals surface area contributed by atoms with Crippen molar-refractivity contribution in [2.45, 2.75) is 110 Å². The first kappa shape index (κ1) is 23.8. The Bertz CT molecular complexity index is 683. The molecule has 3 heteroatoms. The molecule has 0 amide bonds. The zero-order valence-electron chi connectivity index (χ0n) is 19.7. The second-order valence-electron chi connectivity index (χ2n) is 11.5. The monoisotopic (exact) mass is 416 g/mol. The maximum atomic E-state index is 10.1. The van der Waals surface area contributed by atoms with Gasteiger partial charge in [-0.15, -0.1) is 0 Å². The normalized spacial score (nSPS) is 38.8. The summed E-state index contributed by atoms with van der Waals surface area (Å²) >= 11 is 0. The van der Waals surface area contributed by atoms with E-state index in [4.69, 9.17) is 0 Å². The zero-order chi connectivity index (χ0) is 22.1. The molecule has 3 aliphatic carbocycles. The van der Waals surface area contributed by atoms with Crippen LogP contribution in [0.4, 0.5) is 0 Å². The van der Waals surface area contributed by atoms with Crippen molar-refractivity contribution in [2.24, 2.45) is 23.2 Å². The zero-order valence-corrected chi connectivity index (χ0v) is 19.7. The van der Waals surface area contributed by atoms with E-state index in [9.17, 15) is 15.3 Å². The van der Waals surface area contributed by atoms with Crippen molar-refractivity contribution in [3.63, 3.8) is 0 Å². The van der Waals surface area contributed by atoms with Crippen LogP contribution in [0, 0.1) is 23.2 Å². The summed E-state index contributed by atoms with van der Waals surface area (Å²) in [6.07, 6.45) is 13.9. The van der Waals surface area contributed by atoms with E-state index >= 15 is 0 Å². The Morgan fingerprint density at radius 3 is 2.67 bits per heavy atom. The summed E-state index contributed by atoms with van der Waals surface area (Å²) in [6.45, 7) is 12.8. The first-order chi connectivity index (χ1) is 14.0. The second-order valence-corrected chi connectivity index (χ2v) is 11.5. The first-order valence-electron chi connectivity index (χ1n) is 12.2. The number of rotatable bonds is 6. The van der Waals surface area contributed by atoms with E-state index < -0.39 is 17.8 Å². The van der Waals surface area contributed by atoms with E-state index in [2.05, 4.69) is 32.6 Å². The highest BCUT2D eigenvalue weighted by molar-refractivity contribution is 5.38. The maximum absolute atomic E-state index is 10.1. The molecule has 3 saturated carbocycles. The minimum atomic E-state index is -0.615. The number of aliphatic hydroxyl groups excluding tert-OH is 2. The minimum Gasteiger partial charge on any atom is -0.393 e. The van der Waals surface area contributed by atoms with Crippen LogP contribution in [-0.2, 0) is 0 Å². The summed E-state index contributed by atoms with van der Waals surface area (Å²) in [4.78, 5) is 0. The van der Waals surface area contributed by atoms with Gasteiger partial charge in [0.2, 0.25) is 0 Å². The van der Waals surface area contributed by atoms with Gasteiger partial charge in [0.25, 0.3) is 0 Å². The molecular weight excluding hydrogens is 372 g/mol. The number of hydrogen-bond donors (Lipinski definition) is 3. The minimum absolute atomic E-state index is 0.403. The molecule has 0 radical (unpaired) electrons.